The topological polar surface area (TPSA) is 76.0 Å². The zero-order valence-corrected chi connectivity index (χ0v) is 24.5. The van der Waals surface area contributed by atoms with E-state index in [1.165, 1.54) is 84.2 Å². The molecule has 0 atom stereocenters. The van der Waals surface area contributed by atoms with Crippen LogP contribution in [0.3, 0.4) is 0 Å². The quantitative estimate of drug-likeness (QED) is 0.0806. The molecule has 1 rings (SSSR count). The van der Waals surface area contributed by atoms with Gasteiger partial charge in [-0.15, -0.1) is 0 Å². The van der Waals surface area contributed by atoms with E-state index < -0.39 is 5.97 Å². The van der Waals surface area contributed by atoms with Crippen molar-refractivity contribution in [2.45, 2.75) is 156 Å². The summed E-state index contributed by atoms with van der Waals surface area (Å²) in [5, 5.41) is 21.2. The van der Waals surface area contributed by atoms with Gasteiger partial charge in [-0.1, -0.05) is 117 Å². The molecule has 0 aliphatic heterocycles. The number of hydrogen-bond acceptors (Lipinski definition) is 4. The van der Waals surface area contributed by atoms with Gasteiger partial charge in [0.05, 0.1) is 7.11 Å². The Kier molecular flexibility index (Phi) is 19.1. The number of aromatic hydroxyl groups is 1. The van der Waals surface area contributed by atoms with E-state index in [4.69, 9.17) is 9.78 Å². The molecule has 0 unspecified atom stereocenters. The van der Waals surface area contributed by atoms with Crippen LogP contribution in [0.4, 0.5) is 0 Å². The molecule has 0 saturated heterocycles. The van der Waals surface area contributed by atoms with E-state index >= 15 is 0 Å². The number of carboxylic acids is 1. The summed E-state index contributed by atoms with van der Waals surface area (Å²) in [7, 11) is 1.41. The van der Waals surface area contributed by atoms with Crippen LogP contribution in [-0.2, 0) is 24.2 Å². The van der Waals surface area contributed by atoms with E-state index in [1.807, 2.05) is 0 Å². The second-order valence-electron chi connectivity index (χ2n) is 10.6. The molecule has 2 N–H and O–H groups in total. The second-order valence-corrected chi connectivity index (χ2v) is 10.6. The van der Waals surface area contributed by atoms with Gasteiger partial charge >= 0.3 is 5.97 Å². The Morgan fingerprint density at radius 2 is 0.973 bits per heavy atom. The average Bonchev–Trinajstić information content (AvgIpc) is 2.88. The van der Waals surface area contributed by atoms with Crippen LogP contribution in [0.25, 0.3) is 0 Å². The molecule has 0 saturated carbocycles. The third kappa shape index (κ3) is 12.6. The Hall–Kier alpha value is -1.75. The van der Waals surface area contributed by atoms with Crippen molar-refractivity contribution in [3.05, 3.63) is 22.3 Å². The SMILES string of the molecule is CCCCCCCCc1c(CCCCCCCC)c(OOC)c(O)c(C(=O)O)c1CCCCCCCC. The van der Waals surface area contributed by atoms with Crippen molar-refractivity contribution in [1.29, 1.82) is 0 Å². The highest BCUT2D eigenvalue weighted by atomic mass is 17.2. The maximum Gasteiger partial charge on any atom is 0.339 e. The lowest BCUT2D eigenvalue weighted by atomic mass is 9.85. The predicted molar refractivity (Wildman–Crippen MR) is 154 cm³/mol. The van der Waals surface area contributed by atoms with Crippen LogP contribution in [0.1, 0.15) is 163 Å². The average molecular weight is 521 g/mol. The molecular weight excluding hydrogens is 464 g/mol. The van der Waals surface area contributed by atoms with Gasteiger partial charge in [0.25, 0.3) is 0 Å². The first-order valence-corrected chi connectivity index (χ1v) is 15.4. The van der Waals surface area contributed by atoms with Crippen molar-refractivity contribution in [1.82, 2.24) is 0 Å². The molecule has 0 bridgehead atoms. The first-order valence-electron chi connectivity index (χ1n) is 15.4. The molecule has 0 radical (unpaired) electrons. The number of aromatic carboxylic acids is 1. The van der Waals surface area contributed by atoms with Crippen LogP contribution in [-0.4, -0.2) is 23.3 Å². The van der Waals surface area contributed by atoms with Gasteiger partial charge in [-0.3, -0.25) is 0 Å². The number of phenols is 1. The van der Waals surface area contributed by atoms with Crippen molar-refractivity contribution in [2.24, 2.45) is 0 Å². The number of carboxylic acid groups (broad SMARTS) is 1. The maximum absolute atomic E-state index is 12.4. The van der Waals surface area contributed by atoms with Crippen molar-refractivity contribution in [3.63, 3.8) is 0 Å². The third-order valence-corrected chi connectivity index (χ3v) is 7.48. The van der Waals surface area contributed by atoms with Crippen LogP contribution < -0.4 is 4.89 Å². The summed E-state index contributed by atoms with van der Waals surface area (Å²) < 4.78 is 0. The van der Waals surface area contributed by atoms with Crippen LogP contribution in [0.5, 0.6) is 11.5 Å². The van der Waals surface area contributed by atoms with Crippen LogP contribution in [0.2, 0.25) is 0 Å². The lowest BCUT2D eigenvalue weighted by molar-refractivity contribution is -0.179. The zero-order chi connectivity index (χ0) is 27.3. The van der Waals surface area contributed by atoms with Gasteiger partial charge < -0.3 is 15.1 Å². The molecule has 1 aromatic carbocycles. The largest absolute Gasteiger partial charge is 0.504 e. The Morgan fingerprint density at radius 1 is 0.595 bits per heavy atom. The Morgan fingerprint density at radius 3 is 1.38 bits per heavy atom. The van der Waals surface area contributed by atoms with E-state index in [9.17, 15) is 15.0 Å². The summed E-state index contributed by atoms with van der Waals surface area (Å²) in [5.41, 5.74) is 2.86. The van der Waals surface area contributed by atoms with Crippen LogP contribution >= 0.6 is 0 Å². The van der Waals surface area contributed by atoms with Crippen molar-refractivity contribution in [2.75, 3.05) is 7.11 Å². The fourth-order valence-electron chi connectivity index (χ4n) is 5.36. The van der Waals surface area contributed by atoms with Gasteiger partial charge in [0.2, 0.25) is 5.75 Å². The molecule has 0 fully saturated rings. The number of rotatable bonds is 24. The van der Waals surface area contributed by atoms with E-state index in [0.717, 1.165) is 68.1 Å². The number of unbranched alkanes of at least 4 members (excludes halogenated alkanes) is 15. The highest BCUT2D eigenvalue weighted by molar-refractivity contribution is 5.94. The minimum absolute atomic E-state index is 0.00767. The molecule has 0 aromatic heterocycles. The fraction of sp³-hybridized carbons (Fsp3) is 0.781. The third-order valence-electron chi connectivity index (χ3n) is 7.48. The molecule has 0 amide bonds. The second kappa shape index (κ2) is 21.2. The minimum Gasteiger partial charge on any atom is -0.504 e. The summed E-state index contributed by atoms with van der Waals surface area (Å²) in [4.78, 5) is 22.8. The maximum atomic E-state index is 12.4. The lowest BCUT2D eigenvalue weighted by Gasteiger charge is -2.22. The van der Waals surface area contributed by atoms with Crippen LogP contribution in [0.15, 0.2) is 0 Å². The summed E-state index contributed by atoms with van der Waals surface area (Å²) in [6.07, 6.45) is 23.3. The standard InChI is InChI=1S/C32H56O5/c1-5-8-11-14-17-20-23-26-27(24-21-18-15-12-9-6-2)29(32(34)35)30(33)31(37-36-4)28(26)25-22-19-16-13-10-7-3/h33H,5-25H2,1-4H3,(H,34,35). The first kappa shape index (κ1) is 33.3. The van der Waals surface area contributed by atoms with Crippen molar-refractivity contribution < 1.29 is 24.8 Å². The smallest absolute Gasteiger partial charge is 0.339 e. The Labute approximate surface area is 227 Å². The number of benzene rings is 1. The van der Waals surface area contributed by atoms with Gasteiger partial charge in [-0.25, -0.2) is 4.79 Å². The van der Waals surface area contributed by atoms with Crippen molar-refractivity contribution >= 4 is 5.97 Å². The van der Waals surface area contributed by atoms with Gasteiger partial charge in [0, 0.05) is 5.56 Å². The summed E-state index contributed by atoms with van der Waals surface area (Å²) in [5.74, 6) is -1.15. The predicted octanol–water partition coefficient (Wildman–Crippen LogP) is 9.74. The summed E-state index contributed by atoms with van der Waals surface area (Å²) >= 11 is 0. The molecular formula is C32H56O5. The molecule has 37 heavy (non-hydrogen) atoms. The van der Waals surface area contributed by atoms with E-state index in [-0.39, 0.29) is 17.1 Å². The molecule has 5 heteroatoms. The zero-order valence-electron chi connectivity index (χ0n) is 24.5. The number of hydrogen-bond donors (Lipinski definition) is 2. The monoisotopic (exact) mass is 520 g/mol. The molecule has 1 aromatic rings. The highest BCUT2D eigenvalue weighted by Crippen LogP contribution is 2.42. The molecule has 214 valence electrons. The van der Waals surface area contributed by atoms with Gasteiger partial charge in [-0.2, -0.15) is 4.89 Å². The molecule has 5 nitrogen and oxygen atoms in total. The van der Waals surface area contributed by atoms with E-state index in [0.29, 0.717) is 6.42 Å². The van der Waals surface area contributed by atoms with Gasteiger partial charge in [-0.05, 0) is 49.7 Å². The summed E-state index contributed by atoms with van der Waals surface area (Å²) in [6.45, 7) is 6.66. The van der Waals surface area contributed by atoms with E-state index in [2.05, 4.69) is 20.8 Å². The molecule has 0 aliphatic rings. The van der Waals surface area contributed by atoms with Gasteiger partial charge in [0.15, 0.2) is 5.75 Å². The van der Waals surface area contributed by atoms with Crippen molar-refractivity contribution in [3.8, 4) is 11.5 Å². The fourth-order valence-corrected chi connectivity index (χ4v) is 5.36. The first-order chi connectivity index (χ1) is 18.0. The van der Waals surface area contributed by atoms with Gasteiger partial charge in [0.1, 0.15) is 5.56 Å². The Bertz CT molecular complexity index is 743. The number of carbonyl (C=O) groups is 1. The normalized spacial score (nSPS) is 11.2. The summed E-state index contributed by atoms with van der Waals surface area (Å²) in [6, 6.07) is 0. The van der Waals surface area contributed by atoms with Crippen LogP contribution in [0, 0.1) is 0 Å². The lowest BCUT2D eigenvalue weighted by Crippen LogP contribution is -2.13. The minimum atomic E-state index is -1.09. The molecule has 0 aliphatic carbocycles. The highest BCUT2D eigenvalue weighted by Gasteiger charge is 2.28. The molecule has 0 spiro atoms. The molecule has 0 heterocycles. The Balaban J connectivity index is 3.26. The van der Waals surface area contributed by atoms with E-state index in [1.54, 1.807) is 0 Å².